The van der Waals surface area contributed by atoms with Crippen LogP contribution in [-0.4, -0.2) is 52.9 Å². The molecule has 1 amide bonds. The summed E-state index contributed by atoms with van der Waals surface area (Å²) in [4.78, 5) is 17.9. The lowest BCUT2D eigenvalue weighted by Crippen LogP contribution is -2.44. The summed E-state index contributed by atoms with van der Waals surface area (Å²) < 4.78 is 8.28. The Bertz CT molecular complexity index is 847. The number of hydrogen-bond acceptors (Lipinski definition) is 5. The highest BCUT2D eigenvalue weighted by atomic mass is 35.5. The standard InChI is InChI=1S/C22H30N4O2S.ClH/c27-21(26-13-2-1-4-18(26)5-14-25-12-3-9-24-25)19-16-17-6-15-28-22(20(17)29-19)7-10-23-11-8-22;/h3,9,12,16,18,23H,1-2,4-8,10-11,13-15H2;1H. The van der Waals surface area contributed by atoms with E-state index in [0.29, 0.717) is 6.04 Å². The van der Waals surface area contributed by atoms with Gasteiger partial charge in [-0.15, -0.1) is 23.7 Å². The molecule has 0 aliphatic carbocycles. The van der Waals surface area contributed by atoms with Gasteiger partial charge in [0.2, 0.25) is 0 Å². The van der Waals surface area contributed by atoms with E-state index >= 15 is 0 Å². The number of carbonyl (C=O) groups is 1. The number of ether oxygens (including phenoxy) is 1. The first-order chi connectivity index (χ1) is 14.3. The summed E-state index contributed by atoms with van der Waals surface area (Å²) in [7, 11) is 0. The van der Waals surface area contributed by atoms with E-state index in [4.69, 9.17) is 4.74 Å². The van der Waals surface area contributed by atoms with E-state index in [0.717, 1.165) is 76.2 Å². The molecule has 3 aliphatic heterocycles. The fraction of sp³-hybridized carbons (Fsp3) is 0.636. The van der Waals surface area contributed by atoms with Crippen molar-refractivity contribution in [1.29, 1.82) is 0 Å². The van der Waals surface area contributed by atoms with Gasteiger partial charge in [-0.3, -0.25) is 9.48 Å². The molecule has 0 aromatic carbocycles. The molecule has 8 heteroatoms. The molecule has 2 fully saturated rings. The van der Waals surface area contributed by atoms with Gasteiger partial charge in [-0.05, 0) is 75.7 Å². The number of thiophene rings is 1. The lowest BCUT2D eigenvalue weighted by molar-refractivity contribution is -0.0771. The number of nitrogens with zero attached hydrogens (tertiary/aromatic N) is 3. The maximum Gasteiger partial charge on any atom is 0.264 e. The molecule has 1 N–H and O–H groups in total. The first kappa shape index (κ1) is 21.8. The van der Waals surface area contributed by atoms with E-state index in [9.17, 15) is 4.79 Å². The van der Waals surface area contributed by atoms with Crippen molar-refractivity contribution in [2.24, 2.45) is 0 Å². The number of likely N-dealkylation sites (tertiary alicyclic amines) is 1. The predicted octanol–water partition coefficient (Wildman–Crippen LogP) is 3.60. The molecule has 2 aromatic heterocycles. The van der Waals surface area contributed by atoms with Crippen molar-refractivity contribution in [2.75, 3.05) is 26.2 Å². The topological polar surface area (TPSA) is 59.4 Å². The molecule has 164 valence electrons. The molecule has 1 atom stereocenters. The van der Waals surface area contributed by atoms with Crippen LogP contribution in [-0.2, 0) is 23.3 Å². The Labute approximate surface area is 188 Å². The third-order valence-electron chi connectivity index (χ3n) is 6.73. The molecule has 30 heavy (non-hydrogen) atoms. The van der Waals surface area contributed by atoms with Crippen LogP contribution in [0.25, 0.3) is 0 Å². The minimum atomic E-state index is -0.163. The Balaban J connectivity index is 0.00000218. The molecular weight excluding hydrogens is 420 g/mol. The van der Waals surface area contributed by atoms with Crippen LogP contribution in [0.5, 0.6) is 0 Å². The van der Waals surface area contributed by atoms with E-state index < -0.39 is 0 Å². The van der Waals surface area contributed by atoms with Crippen molar-refractivity contribution in [2.45, 2.75) is 63.1 Å². The number of aromatic nitrogens is 2. The molecule has 0 bridgehead atoms. The molecule has 5 heterocycles. The van der Waals surface area contributed by atoms with Gasteiger partial charge in [0.05, 0.1) is 11.5 Å². The van der Waals surface area contributed by atoms with Crippen molar-refractivity contribution in [3.8, 4) is 0 Å². The Morgan fingerprint density at radius 3 is 3.00 bits per heavy atom. The molecule has 2 aromatic rings. The van der Waals surface area contributed by atoms with Crippen LogP contribution < -0.4 is 5.32 Å². The van der Waals surface area contributed by atoms with Gasteiger partial charge >= 0.3 is 0 Å². The molecule has 1 unspecified atom stereocenters. The zero-order valence-corrected chi connectivity index (χ0v) is 19.0. The summed E-state index contributed by atoms with van der Waals surface area (Å²) in [6.45, 7) is 4.49. The lowest BCUT2D eigenvalue weighted by Gasteiger charge is -2.40. The molecule has 1 spiro atoms. The molecule has 2 saturated heterocycles. The van der Waals surface area contributed by atoms with E-state index in [1.54, 1.807) is 11.3 Å². The number of fused-ring (bicyclic) bond motifs is 2. The summed E-state index contributed by atoms with van der Waals surface area (Å²) in [5.74, 6) is 0.221. The number of nitrogens with one attached hydrogen (secondary N) is 1. The Morgan fingerprint density at radius 2 is 2.20 bits per heavy atom. The highest BCUT2D eigenvalue weighted by Crippen LogP contribution is 2.44. The first-order valence-corrected chi connectivity index (χ1v) is 11.8. The summed E-state index contributed by atoms with van der Waals surface area (Å²) in [6, 6.07) is 4.44. The van der Waals surface area contributed by atoms with E-state index in [1.165, 1.54) is 16.9 Å². The summed E-state index contributed by atoms with van der Waals surface area (Å²) in [6.07, 6.45) is 11.1. The fourth-order valence-electron chi connectivity index (χ4n) is 5.15. The van der Waals surface area contributed by atoms with Crippen molar-refractivity contribution in [3.05, 3.63) is 39.8 Å². The second kappa shape index (κ2) is 9.39. The number of amides is 1. The summed E-state index contributed by atoms with van der Waals surface area (Å²) in [5.41, 5.74) is 1.18. The molecule has 3 aliphatic rings. The van der Waals surface area contributed by atoms with Crippen molar-refractivity contribution >= 4 is 29.7 Å². The van der Waals surface area contributed by atoms with Gasteiger partial charge in [0.25, 0.3) is 5.91 Å². The minimum absolute atomic E-state index is 0. The first-order valence-electron chi connectivity index (χ1n) is 11.0. The SMILES string of the molecule is Cl.O=C(c1cc2c(s1)C1(CCNCC1)OCC2)N1CCCCC1CCn1cccn1. The summed E-state index contributed by atoms with van der Waals surface area (Å²) in [5, 5.41) is 7.76. The number of piperidine rings is 2. The molecule has 0 radical (unpaired) electrons. The number of carbonyl (C=O) groups excluding carboxylic acids is 1. The molecule has 5 rings (SSSR count). The second-order valence-electron chi connectivity index (χ2n) is 8.51. The van der Waals surface area contributed by atoms with Gasteiger partial charge in [-0.2, -0.15) is 5.10 Å². The molecule has 0 saturated carbocycles. The number of rotatable bonds is 4. The summed E-state index contributed by atoms with van der Waals surface area (Å²) >= 11 is 1.70. The smallest absolute Gasteiger partial charge is 0.264 e. The Kier molecular flexibility index (Phi) is 6.82. The van der Waals surface area contributed by atoms with Crippen LogP contribution in [0.1, 0.15) is 58.6 Å². The van der Waals surface area contributed by atoms with Crippen LogP contribution in [0, 0.1) is 0 Å². The predicted molar refractivity (Wildman–Crippen MR) is 121 cm³/mol. The van der Waals surface area contributed by atoms with Crippen LogP contribution in [0.3, 0.4) is 0 Å². The van der Waals surface area contributed by atoms with Crippen LogP contribution in [0.15, 0.2) is 24.5 Å². The zero-order valence-electron chi connectivity index (χ0n) is 17.3. The second-order valence-corrected chi connectivity index (χ2v) is 9.57. The third kappa shape index (κ3) is 4.17. The van der Waals surface area contributed by atoms with Gasteiger partial charge in [-0.25, -0.2) is 0 Å². The largest absolute Gasteiger partial charge is 0.369 e. The normalized spacial score (nSPS) is 23.1. The monoisotopic (exact) mass is 450 g/mol. The molecular formula is C22H31ClN4O2S. The van der Waals surface area contributed by atoms with Gasteiger partial charge in [0.15, 0.2) is 0 Å². The van der Waals surface area contributed by atoms with E-state index in [2.05, 4.69) is 21.4 Å². The Hall–Kier alpha value is -1.41. The van der Waals surface area contributed by atoms with Crippen molar-refractivity contribution in [3.63, 3.8) is 0 Å². The fourth-order valence-corrected chi connectivity index (χ4v) is 6.52. The quantitative estimate of drug-likeness (QED) is 0.773. The van der Waals surface area contributed by atoms with Crippen LogP contribution >= 0.6 is 23.7 Å². The lowest BCUT2D eigenvalue weighted by atomic mass is 9.86. The van der Waals surface area contributed by atoms with Gasteiger partial charge in [0.1, 0.15) is 5.60 Å². The van der Waals surface area contributed by atoms with Crippen molar-refractivity contribution in [1.82, 2.24) is 20.0 Å². The van der Waals surface area contributed by atoms with Crippen LogP contribution in [0.4, 0.5) is 0 Å². The maximum absolute atomic E-state index is 13.5. The highest BCUT2D eigenvalue weighted by molar-refractivity contribution is 7.14. The minimum Gasteiger partial charge on any atom is -0.369 e. The van der Waals surface area contributed by atoms with Gasteiger partial charge in [0, 0.05) is 36.4 Å². The van der Waals surface area contributed by atoms with E-state index in [-0.39, 0.29) is 23.9 Å². The maximum atomic E-state index is 13.5. The van der Waals surface area contributed by atoms with Crippen LogP contribution in [0.2, 0.25) is 0 Å². The highest BCUT2D eigenvalue weighted by Gasteiger charge is 2.41. The van der Waals surface area contributed by atoms with E-state index in [1.807, 2.05) is 23.1 Å². The number of aryl methyl sites for hydroxylation is 1. The van der Waals surface area contributed by atoms with Gasteiger partial charge < -0.3 is 15.0 Å². The zero-order chi connectivity index (χ0) is 19.7. The average Bonchev–Trinajstić information content (AvgIpc) is 3.43. The Morgan fingerprint density at radius 1 is 1.33 bits per heavy atom. The number of hydrogen-bond donors (Lipinski definition) is 1. The number of halogens is 1. The third-order valence-corrected chi connectivity index (χ3v) is 8.08. The molecule has 6 nitrogen and oxygen atoms in total. The average molecular weight is 451 g/mol. The van der Waals surface area contributed by atoms with Gasteiger partial charge in [-0.1, -0.05) is 0 Å². The van der Waals surface area contributed by atoms with Crippen molar-refractivity contribution < 1.29 is 9.53 Å².